The van der Waals surface area contributed by atoms with E-state index in [-0.39, 0.29) is 5.91 Å². The first-order valence-corrected chi connectivity index (χ1v) is 10.6. The number of carbonyl (C=O) groups is 1. The Morgan fingerprint density at radius 1 is 1.24 bits per heavy atom. The van der Waals surface area contributed by atoms with Crippen molar-refractivity contribution in [3.63, 3.8) is 0 Å². The third-order valence-corrected chi connectivity index (χ3v) is 5.96. The van der Waals surface area contributed by atoms with Crippen LogP contribution < -0.4 is 4.90 Å². The summed E-state index contributed by atoms with van der Waals surface area (Å²) in [4.78, 5) is 20.5. The van der Waals surface area contributed by atoms with Gasteiger partial charge in [0.1, 0.15) is 5.69 Å². The molecular weight excluding hydrogens is 382 g/mol. The molecule has 0 N–H and O–H groups in total. The fraction of sp³-hybridized carbons (Fsp3) is 0.273. The SMILES string of the molecule is C=CCN(C(=O)/C=C/c1cn(Cc2ccccc2)nn1)c1nc2c(s1)CCCC2. The Bertz CT molecular complexity index is 998. The molecule has 0 fully saturated rings. The molecule has 0 saturated carbocycles. The fourth-order valence-electron chi connectivity index (χ4n) is 3.33. The van der Waals surface area contributed by atoms with E-state index in [1.165, 1.54) is 23.8 Å². The van der Waals surface area contributed by atoms with E-state index in [0.717, 1.165) is 29.2 Å². The van der Waals surface area contributed by atoms with Crippen molar-refractivity contribution < 1.29 is 4.79 Å². The van der Waals surface area contributed by atoms with Gasteiger partial charge in [-0.1, -0.05) is 41.6 Å². The van der Waals surface area contributed by atoms with Crippen molar-refractivity contribution >= 4 is 28.5 Å². The van der Waals surface area contributed by atoms with Crippen molar-refractivity contribution in [1.29, 1.82) is 0 Å². The van der Waals surface area contributed by atoms with Crippen LogP contribution in [-0.2, 0) is 24.2 Å². The average Bonchev–Trinajstić information content (AvgIpc) is 3.37. The first-order valence-electron chi connectivity index (χ1n) is 9.76. The molecular formula is C22H23N5OS. The monoisotopic (exact) mass is 405 g/mol. The van der Waals surface area contributed by atoms with Crippen molar-refractivity contribution in [2.24, 2.45) is 0 Å². The molecule has 0 unspecified atom stereocenters. The number of nitrogens with zero attached hydrogens (tertiary/aromatic N) is 5. The molecule has 1 aliphatic rings. The third-order valence-electron chi connectivity index (χ3n) is 4.78. The molecule has 2 aromatic heterocycles. The summed E-state index contributed by atoms with van der Waals surface area (Å²) in [5.41, 5.74) is 2.94. The van der Waals surface area contributed by atoms with E-state index in [0.29, 0.717) is 18.8 Å². The minimum absolute atomic E-state index is 0.131. The molecule has 3 aromatic rings. The van der Waals surface area contributed by atoms with Crippen LogP contribution in [0.15, 0.2) is 55.3 Å². The number of rotatable bonds is 7. The summed E-state index contributed by atoms with van der Waals surface area (Å²) in [5.74, 6) is -0.131. The van der Waals surface area contributed by atoms with Gasteiger partial charge >= 0.3 is 0 Å². The highest BCUT2D eigenvalue weighted by Crippen LogP contribution is 2.32. The van der Waals surface area contributed by atoms with Gasteiger partial charge in [0.15, 0.2) is 5.13 Å². The number of hydrogen-bond donors (Lipinski definition) is 0. The van der Waals surface area contributed by atoms with Crippen molar-refractivity contribution in [3.05, 3.63) is 77.1 Å². The first-order chi connectivity index (χ1) is 14.2. The second-order valence-electron chi connectivity index (χ2n) is 6.97. The van der Waals surface area contributed by atoms with Crippen molar-refractivity contribution in [1.82, 2.24) is 20.0 Å². The number of hydrogen-bond acceptors (Lipinski definition) is 5. The summed E-state index contributed by atoms with van der Waals surface area (Å²) in [5, 5.41) is 9.02. The van der Waals surface area contributed by atoms with E-state index >= 15 is 0 Å². The van der Waals surface area contributed by atoms with Gasteiger partial charge in [-0.05, 0) is 37.3 Å². The molecule has 1 aliphatic carbocycles. The molecule has 0 aliphatic heterocycles. The van der Waals surface area contributed by atoms with Crippen LogP contribution in [0.3, 0.4) is 0 Å². The van der Waals surface area contributed by atoms with Crippen LogP contribution in [0, 0.1) is 0 Å². The minimum atomic E-state index is -0.131. The lowest BCUT2D eigenvalue weighted by molar-refractivity contribution is -0.114. The van der Waals surface area contributed by atoms with Crippen molar-refractivity contribution in [3.8, 4) is 0 Å². The number of aromatic nitrogens is 4. The molecule has 2 heterocycles. The van der Waals surface area contributed by atoms with Crippen molar-refractivity contribution in [2.75, 3.05) is 11.4 Å². The second-order valence-corrected chi connectivity index (χ2v) is 8.03. The predicted octanol–water partition coefficient (Wildman–Crippen LogP) is 3.89. The molecule has 0 bridgehead atoms. The Kier molecular flexibility index (Phi) is 5.95. The lowest BCUT2D eigenvalue weighted by Gasteiger charge is -2.15. The van der Waals surface area contributed by atoms with Crippen LogP contribution in [0.25, 0.3) is 6.08 Å². The zero-order valence-electron chi connectivity index (χ0n) is 16.2. The quantitative estimate of drug-likeness (QED) is 0.442. The van der Waals surface area contributed by atoms with Gasteiger partial charge in [0.05, 0.1) is 18.4 Å². The Labute approximate surface area is 174 Å². The normalized spacial score (nSPS) is 13.4. The summed E-state index contributed by atoms with van der Waals surface area (Å²) < 4.78 is 1.76. The zero-order valence-corrected chi connectivity index (χ0v) is 17.0. The maximum Gasteiger partial charge on any atom is 0.253 e. The molecule has 29 heavy (non-hydrogen) atoms. The second kappa shape index (κ2) is 8.96. The van der Waals surface area contributed by atoms with Crippen LogP contribution in [0.5, 0.6) is 0 Å². The molecule has 4 rings (SSSR count). The molecule has 148 valence electrons. The maximum absolute atomic E-state index is 12.8. The smallest absolute Gasteiger partial charge is 0.253 e. The number of aryl methyl sites for hydroxylation is 2. The Balaban J connectivity index is 1.45. The van der Waals surface area contributed by atoms with Gasteiger partial charge in [0.2, 0.25) is 0 Å². The molecule has 1 amide bonds. The van der Waals surface area contributed by atoms with Gasteiger partial charge in [0, 0.05) is 17.5 Å². The molecule has 0 atom stereocenters. The Morgan fingerprint density at radius 2 is 2.07 bits per heavy atom. The number of anilines is 1. The molecule has 0 radical (unpaired) electrons. The Morgan fingerprint density at radius 3 is 2.86 bits per heavy atom. The summed E-state index contributed by atoms with van der Waals surface area (Å²) in [6.07, 6.45) is 11.2. The molecule has 7 heteroatoms. The topological polar surface area (TPSA) is 63.9 Å². The van der Waals surface area contributed by atoms with E-state index in [4.69, 9.17) is 4.98 Å². The van der Waals surface area contributed by atoms with E-state index in [1.807, 2.05) is 36.5 Å². The largest absolute Gasteiger partial charge is 0.281 e. The standard InChI is InChI=1S/C22H23N5OS/c1-2-14-27(22-23-19-10-6-7-11-20(19)29-22)21(28)13-12-18-16-26(25-24-18)15-17-8-4-3-5-9-17/h2-5,8-9,12-13,16H,1,6-7,10-11,14-15H2/b13-12+. The number of thiazole rings is 1. The van der Waals surface area contributed by atoms with E-state index < -0.39 is 0 Å². The fourth-order valence-corrected chi connectivity index (χ4v) is 4.49. The summed E-state index contributed by atoms with van der Waals surface area (Å²) in [6.45, 7) is 4.85. The van der Waals surface area contributed by atoms with Gasteiger partial charge in [-0.25, -0.2) is 9.67 Å². The first kappa shape index (κ1) is 19.3. The van der Waals surface area contributed by atoms with E-state index in [2.05, 4.69) is 16.9 Å². The van der Waals surface area contributed by atoms with E-state index in [9.17, 15) is 4.79 Å². The van der Waals surface area contributed by atoms with Crippen LogP contribution in [0.2, 0.25) is 0 Å². The number of benzene rings is 1. The highest BCUT2D eigenvalue weighted by Gasteiger charge is 2.21. The van der Waals surface area contributed by atoms with Gasteiger partial charge < -0.3 is 0 Å². The van der Waals surface area contributed by atoms with Gasteiger partial charge in [-0.2, -0.15) is 0 Å². The maximum atomic E-state index is 12.8. The lowest BCUT2D eigenvalue weighted by atomic mass is 10.0. The Hall–Kier alpha value is -3.06. The third kappa shape index (κ3) is 4.68. The van der Waals surface area contributed by atoms with Crippen molar-refractivity contribution in [2.45, 2.75) is 32.2 Å². The van der Waals surface area contributed by atoms with Crippen LogP contribution in [0.4, 0.5) is 5.13 Å². The van der Waals surface area contributed by atoms with Gasteiger partial charge in [-0.15, -0.1) is 23.0 Å². The summed E-state index contributed by atoms with van der Waals surface area (Å²) in [6, 6.07) is 10.1. The summed E-state index contributed by atoms with van der Waals surface area (Å²) in [7, 11) is 0. The van der Waals surface area contributed by atoms with Crippen LogP contribution in [-0.4, -0.2) is 32.4 Å². The number of carbonyl (C=O) groups excluding carboxylic acids is 1. The molecule has 0 saturated heterocycles. The van der Waals surface area contributed by atoms with E-state index in [1.54, 1.807) is 33.1 Å². The van der Waals surface area contributed by atoms with Crippen LogP contribution >= 0.6 is 11.3 Å². The zero-order chi connectivity index (χ0) is 20.1. The molecule has 0 spiro atoms. The predicted molar refractivity (Wildman–Crippen MR) is 116 cm³/mol. The number of amides is 1. The molecule has 6 nitrogen and oxygen atoms in total. The van der Waals surface area contributed by atoms with Gasteiger partial charge in [-0.3, -0.25) is 9.69 Å². The molecule has 1 aromatic carbocycles. The number of fused-ring (bicyclic) bond motifs is 1. The van der Waals surface area contributed by atoms with Crippen LogP contribution in [0.1, 0.15) is 34.7 Å². The summed E-state index contributed by atoms with van der Waals surface area (Å²) >= 11 is 1.62. The average molecular weight is 406 g/mol. The highest BCUT2D eigenvalue weighted by molar-refractivity contribution is 7.16. The lowest BCUT2D eigenvalue weighted by Crippen LogP contribution is -2.29. The van der Waals surface area contributed by atoms with Gasteiger partial charge in [0.25, 0.3) is 5.91 Å². The minimum Gasteiger partial charge on any atom is -0.281 e. The highest BCUT2D eigenvalue weighted by atomic mass is 32.1.